The van der Waals surface area contributed by atoms with Gasteiger partial charge < -0.3 is 9.94 Å². The summed E-state index contributed by atoms with van der Waals surface area (Å²) in [5.74, 6) is -6.18. The van der Waals surface area contributed by atoms with Crippen LogP contribution in [0.3, 0.4) is 0 Å². The minimum atomic E-state index is -1.71. The van der Waals surface area contributed by atoms with Crippen LogP contribution in [0.4, 0.5) is 13.2 Å². The Morgan fingerprint density at radius 3 is 2.52 bits per heavy atom. The number of rotatable bonds is 2. The summed E-state index contributed by atoms with van der Waals surface area (Å²) in [5, 5.41) is 8.27. The highest BCUT2D eigenvalue weighted by Crippen LogP contribution is 2.24. The highest BCUT2D eigenvalue weighted by Gasteiger charge is 2.20. The van der Waals surface area contributed by atoms with Crippen LogP contribution in [0.1, 0.15) is 10.4 Å². The first-order chi connectivity index (χ1) is 10.8. The number of carbonyl (C=O) groups is 1. The molecule has 1 N–H and O–H groups in total. The normalized spacial score (nSPS) is 11.1. The van der Waals surface area contributed by atoms with Gasteiger partial charge in [0.05, 0.1) is 17.1 Å². The van der Waals surface area contributed by atoms with Gasteiger partial charge in [0.25, 0.3) is 0 Å². The lowest BCUT2D eigenvalue weighted by atomic mass is 10.1. The summed E-state index contributed by atoms with van der Waals surface area (Å²) < 4.78 is 41.4. The van der Waals surface area contributed by atoms with Gasteiger partial charge in [-0.1, -0.05) is 0 Å². The van der Waals surface area contributed by atoms with Crippen LogP contribution in [-0.4, -0.2) is 27.9 Å². The molecule has 2 aromatic heterocycles. The second-order valence-electron chi connectivity index (χ2n) is 4.60. The first-order valence-electron chi connectivity index (χ1n) is 6.16. The molecule has 0 spiro atoms. The van der Waals surface area contributed by atoms with Gasteiger partial charge in [0.15, 0.2) is 23.1 Å². The van der Waals surface area contributed by atoms with Crippen molar-refractivity contribution in [2.75, 3.05) is 7.11 Å². The van der Waals surface area contributed by atoms with Crippen molar-refractivity contribution in [1.82, 2.24) is 9.71 Å². The molecule has 3 aromatic rings. The van der Waals surface area contributed by atoms with E-state index in [1.54, 1.807) is 0 Å². The molecule has 23 heavy (non-hydrogen) atoms. The topological polar surface area (TPSA) is 81.4 Å². The van der Waals surface area contributed by atoms with Crippen molar-refractivity contribution >= 4 is 27.9 Å². The number of aromatic nitrogens is 2. The lowest BCUT2D eigenvalue weighted by Gasteiger charge is -2.11. The third-order valence-electron chi connectivity index (χ3n) is 3.31. The van der Waals surface area contributed by atoms with Crippen molar-refractivity contribution in [3.63, 3.8) is 0 Å². The number of benzene rings is 1. The maximum atomic E-state index is 13.8. The Kier molecular flexibility index (Phi) is 3.20. The Morgan fingerprint density at radius 2 is 1.91 bits per heavy atom. The standard InChI is InChI=1S/C14H7F3N2O4/c1-23-19-4-7(14(21)22)12(20)6-2-5-9(18-13(6)19)3-8(15)11(17)10(5)16/h2-4H,1H3,(H,21,22). The summed E-state index contributed by atoms with van der Waals surface area (Å²) in [6.07, 6.45) is 0.891. The molecule has 0 atom stereocenters. The summed E-state index contributed by atoms with van der Waals surface area (Å²) in [7, 11) is 1.19. The third kappa shape index (κ3) is 2.08. The van der Waals surface area contributed by atoms with Gasteiger partial charge in [-0.05, 0) is 6.07 Å². The summed E-state index contributed by atoms with van der Waals surface area (Å²) >= 11 is 0. The van der Waals surface area contributed by atoms with E-state index in [9.17, 15) is 22.8 Å². The predicted molar refractivity (Wildman–Crippen MR) is 72.8 cm³/mol. The van der Waals surface area contributed by atoms with Crippen molar-refractivity contribution in [1.29, 1.82) is 0 Å². The van der Waals surface area contributed by atoms with Gasteiger partial charge in [-0.3, -0.25) is 4.79 Å². The van der Waals surface area contributed by atoms with Crippen LogP contribution >= 0.6 is 0 Å². The van der Waals surface area contributed by atoms with Gasteiger partial charge in [-0.15, -0.1) is 0 Å². The smallest absolute Gasteiger partial charge is 0.341 e. The van der Waals surface area contributed by atoms with E-state index >= 15 is 0 Å². The monoisotopic (exact) mass is 324 g/mol. The Morgan fingerprint density at radius 1 is 1.22 bits per heavy atom. The van der Waals surface area contributed by atoms with Crippen LogP contribution in [0.2, 0.25) is 0 Å². The van der Waals surface area contributed by atoms with E-state index in [2.05, 4.69) is 4.98 Å². The average molecular weight is 324 g/mol. The molecule has 3 rings (SSSR count). The molecule has 6 nitrogen and oxygen atoms in total. The summed E-state index contributed by atoms with van der Waals surface area (Å²) in [4.78, 5) is 32.0. The molecule has 9 heteroatoms. The number of carboxylic acids is 1. The molecule has 0 bridgehead atoms. The summed E-state index contributed by atoms with van der Waals surface area (Å²) in [6.45, 7) is 0. The lowest BCUT2D eigenvalue weighted by Crippen LogP contribution is -2.21. The molecule has 0 aliphatic heterocycles. The fraction of sp³-hybridized carbons (Fsp3) is 0.0714. The zero-order valence-corrected chi connectivity index (χ0v) is 11.4. The number of halogens is 3. The highest BCUT2D eigenvalue weighted by molar-refractivity contribution is 5.96. The Hall–Kier alpha value is -3.10. The van der Waals surface area contributed by atoms with E-state index in [0.29, 0.717) is 6.07 Å². The lowest BCUT2D eigenvalue weighted by molar-refractivity contribution is 0.0691. The molecule has 0 unspecified atom stereocenters. The SMILES string of the molecule is COn1cc(C(=O)O)c(=O)c2cc3c(F)c(F)c(F)cc3nc21. The van der Waals surface area contributed by atoms with Crippen molar-refractivity contribution in [2.45, 2.75) is 0 Å². The number of hydrogen-bond donors (Lipinski definition) is 1. The van der Waals surface area contributed by atoms with Crippen LogP contribution in [0.5, 0.6) is 0 Å². The van der Waals surface area contributed by atoms with Gasteiger partial charge in [-0.2, -0.15) is 4.73 Å². The quantitative estimate of drug-likeness (QED) is 0.573. The fourth-order valence-electron chi connectivity index (χ4n) is 2.22. The van der Waals surface area contributed by atoms with Crippen LogP contribution in [-0.2, 0) is 0 Å². The molecule has 0 aliphatic carbocycles. The van der Waals surface area contributed by atoms with Crippen molar-refractivity contribution in [3.8, 4) is 0 Å². The molecular weight excluding hydrogens is 317 g/mol. The fourth-order valence-corrected chi connectivity index (χ4v) is 2.22. The summed E-state index contributed by atoms with van der Waals surface area (Å²) in [6, 6.07) is 1.59. The van der Waals surface area contributed by atoms with E-state index in [1.165, 1.54) is 7.11 Å². The molecule has 1 aromatic carbocycles. The molecular formula is C14H7F3N2O4. The molecule has 0 amide bonds. The molecule has 0 fully saturated rings. The zero-order valence-electron chi connectivity index (χ0n) is 11.4. The number of carboxylic acid groups (broad SMARTS) is 1. The first-order valence-corrected chi connectivity index (χ1v) is 6.16. The van der Waals surface area contributed by atoms with Gasteiger partial charge in [-0.25, -0.2) is 22.9 Å². The van der Waals surface area contributed by atoms with Crippen LogP contribution in [0.15, 0.2) is 23.1 Å². The number of fused-ring (bicyclic) bond motifs is 2. The van der Waals surface area contributed by atoms with Crippen molar-refractivity contribution < 1.29 is 27.9 Å². The Labute approximate surface area is 125 Å². The number of nitrogens with zero attached hydrogens (tertiary/aromatic N) is 2. The van der Waals surface area contributed by atoms with Crippen molar-refractivity contribution in [3.05, 3.63) is 51.6 Å². The van der Waals surface area contributed by atoms with Gasteiger partial charge >= 0.3 is 5.97 Å². The number of aromatic carboxylic acids is 1. The van der Waals surface area contributed by atoms with Gasteiger partial charge in [0, 0.05) is 11.5 Å². The van der Waals surface area contributed by atoms with Crippen LogP contribution in [0, 0.1) is 17.5 Å². The van der Waals surface area contributed by atoms with Crippen LogP contribution < -0.4 is 10.3 Å². The molecule has 0 saturated heterocycles. The second kappa shape index (κ2) is 4.97. The highest BCUT2D eigenvalue weighted by atomic mass is 19.2. The zero-order chi connectivity index (χ0) is 16.9. The molecule has 118 valence electrons. The molecule has 0 saturated carbocycles. The average Bonchev–Trinajstić information content (AvgIpc) is 2.52. The van der Waals surface area contributed by atoms with E-state index in [-0.39, 0.29) is 16.6 Å². The maximum Gasteiger partial charge on any atom is 0.341 e. The molecule has 0 aliphatic rings. The Balaban J connectivity index is 2.56. The minimum absolute atomic E-state index is 0.152. The van der Waals surface area contributed by atoms with Gasteiger partial charge in [0.1, 0.15) is 12.7 Å². The van der Waals surface area contributed by atoms with E-state index in [0.717, 1.165) is 17.0 Å². The number of hydrogen-bond acceptors (Lipinski definition) is 4. The molecule has 0 radical (unpaired) electrons. The van der Waals surface area contributed by atoms with E-state index in [4.69, 9.17) is 9.94 Å². The largest absolute Gasteiger partial charge is 0.477 e. The van der Waals surface area contributed by atoms with Gasteiger partial charge in [0.2, 0.25) is 5.43 Å². The minimum Gasteiger partial charge on any atom is -0.477 e. The number of pyridine rings is 2. The first kappa shape index (κ1) is 14.8. The van der Waals surface area contributed by atoms with E-state index in [1.807, 2.05) is 0 Å². The van der Waals surface area contributed by atoms with E-state index < -0.39 is 39.8 Å². The van der Waals surface area contributed by atoms with Crippen molar-refractivity contribution in [2.24, 2.45) is 0 Å². The van der Waals surface area contributed by atoms with Crippen LogP contribution in [0.25, 0.3) is 21.9 Å². The third-order valence-corrected chi connectivity index (χ3v) is 3.31. The second-order valence-corrected chi connectivity index (χ2v) is 4.60. The summed E-state index contributed by atoms with van der Waals surface area (Å²) in [5.41, 5.74) is -1.98. The maximum absolute atomic E-state index is 13.8. The predicted octanol–water partition coefficient (Wildman–Crippen LogP) is 1.72. The molecule has 2 heterocycles. The Bertz CT molecular complexity index is 1050.